The smallest absolute Gasteiger partial charge is 0.324 e. The molecule has 120 valence electrons. The van der Waals surface area contributed by atoms with Crippen LogP contribution in [-0.4, -0.2) is 19.4 Å². The van der Waals surface area contributed by atoms with E-state index in [2.05, 4.69) is 25.6 Å². The van der Waals surface area contributed by atoms with Crippen molar-refractivity contribution < 1.29 is 13.2 Å². The number of nitrogens with one attached hydrogen (secondary N) is 1. The predicted octanol–water partition coefficient (Wildman–Crippen LogP) is 2.97. The Hall–Kier alpha value is -1.84. The molecule has 3 N–H and O–H groups in total. The maximum absolute atomic E-state index is 12.0. The number of urea groups is 1. The second-order valence-electron chi connectivity index (χ2n) is 4.77. The third-order valence-corrected chi connectivity index (χ3v) is 5.43. The van der Waals surface area contributed by atoms with Gasteiger partial charge < -0.3 is 5.73 Å². The van der Waals surface area contributed by atoms with Crippen molar-refractivity contribution in [2.24, 2.45) is 5.73 Å². The van der Waals surface area contributed by atoms with Gasteiger partial charge >= 0.3 is 6.03 Å². The standard InChI is InChI=1S/C13H10BrClN4O3S/c14-8-3-1-2-4-9(8)19(13(16)20)10-5-17-12(15)7-6-23(21,22)18-11(7)10/h1-5,18H,6H2,(H2,16,20). The van der Waals surface area contributed by atoms with E-state index in [-0.39, 0.29) is 22.3 Å². The monoisotopic (exact) mass is 416 g/mol. The Balaban J connectivity index is 2.23. The number of fused-ring (bicyclic) bond motifs is 1. The summed E-state index contributed by atoms with van der Waals surface area (Å²) in [4.78, 5) is 17.1. The number of primary amides is 1. The molecule has 2 heterocycles. The number of rotatable bonds is 2. The van der Waals surface area contributed by atoms with Gasteiger partial charge in [-0.05, 0) is 28.1 Å². The van der Waals surface area contributed by atoms with Crippen LogP contribution in [0.3, 0.4) is 0 Å². The van der Waals surface area contributed by atoms with E-state index in [4.69, 9.17) is 17.3 Å². The summed E-state index contributed by atoms with van der Waals surface area (Å²) >= 11 is 9.32. The lowest BCUT2D eigenvalue weighted by Gasteiger charge is -2.23. The number of aromatic nitrogens is 1. The van der Waals surface area contributed by atoms with E-state index in [1.54, 1.807) is 24.3 Å². The molecule has 0 fully saturated rings. The van der Waals surface area contributed by atoms with Gasteiger partial charge in [0.15, 0.2) is 0 Å². The zero-order valence-corrected chi connectivity index (χ0v) is 14.6. The quantitative estimate of drug-likeness (QED) is 0.733. The highest BCUT2D eigenvalue weighted by Gasteiger charge is 2.32. The van der Waals surface area contributed by atoms with Gasteiger partial charge in [0.1, 0.15) is 5.15 Å². The number of anilines is 3. The topological polar surface area (TPSA) is 105 Å². The molecule has 2 aromatic rings. The lowest BCUT2D eigenvalue weighted by molar-refractivity contribution is 0.256. The molecule has 10 heteroatoms. The van der Waals surface area contributed by atoms with Gasteiger partial charge in [-0.2, -0.15) is 0 Å². The highest BCUT2D eigenvalue weighted by molar-refractivity contribution is 9.10. The molecule has 0 spiro atoms. The van der Waals surface area contributed by atoms with Crippen molar-refractivity contribution in [1.29, 1.82) is 0 Å². The van der Waals surface area contributed by atoms with Crippen LogP contribution >= 0.6 is 27.5 Å². The van der Waals surface area contributed by atoms with E-state index in [0.717, 1.165) is 0 Å². The van der Waals surface area contributed by atoms with E-state index < -0.39 is 16.1 Å². The van der Waals surface area contributed by atoms with Crippen LogP contribution in [0.2, 0.25) is 5.15 Å². The van der Waals surface area contributed by atoms with E-state index in [1.807, 2.05) is 0 Å². The van der Waals surface area contributed by atoms with Crippen LogP contribution in [-0.2, 0) is 15.8 Å². The lowest BCUT2D eigenvalue weighted by atomic mass is 10.2. The number of para-hydroxylation sites is 1. The maximum atomic E-state index is 12.0. The van der Waals surface area contributed by atoms with Gasteiger partial charge in [-0.25, -0.2) is 18.2 Å². The number of benzene rings is 1. The van der Waals surface area contributed by atoms with Crippen LogP contribution in [0.4, 0.5) is 21.9 Å². The van der Waals surface area contributed by atoms with Crippen LogP contribution in [0.25, 0.3) is 0 Å². The number of halogens is 2. The Morgan fingerprint density at radius 1 is 1.35 bits per heavy atom. The average Bonchev–Trinajstić information content (AvgIpc) is 2.80. The van der Waals surface area contributed by atoms with Crippen molar-refractivity contribution in [3.05, 3.63) is 45.7 Å². The molecule has 1 aromatic carbocycles. The Morgan fingerprint density at radius 3 is 2.70 bits per heavy atom. The number of hydrogen-bond donors (Lipinski definition) is 2. The molecule has 1 aliphatic heterocycles. The van der Waals surface area contributed by atoms with Crippen molar-refractivity contribution in [2.45, 2.75) is 5.75 Å². The summed E-state index contributed by atoms with van der Waals surface area (Å²) in [6.07, 6.45) is 1.30. The third-order valence-electron chi connectivity index (χ3n) is 3.25. The van der Waals surface area contributed by atoms with Gasteiger partial charge in [0.05, 0.1) is 29.0 Å². The molecule has 0 atom stereocenters. The molecule has 7 nitrogen and oxygen atoms in total. The first kappa shape index (κ1) is 16.0. The zero-order valence-electron chi connectivity index (χ0n) is 11.5. The summed E-state index contributed by atoms with van der Waals surface area (Å²) in [7, 11) is -3.57. The number of carbonyl (C=O) groups excluding carboxylic acids is 1. The first-order valence-electron chi connectivity index (χ1n) is 6.32. The number of sulfonamides is 1. The fraction of sp³-hybridized carbons (Fsp3) is 0.0769. The van der Waals surface area contributed by atoms with Crippen molar-refractivity contribution in [1.82, 2.24) is 4.98 Å². The van der Waals surface area contributed by atoms with Crippen LogP contribution in [0.15, 0.2) is 34.9 Å². The molecule has 0 saturated heterocycles. The van der Waals surface area contributed by atoms with Gasteiger partial charge in [-0.15, -0.1) is 0 Å². The molecule has 3 rings (SSSR count). The number of hydrogen-bond acceptors (Lipinski definition) is 4. The predicted molar refractivity (Wildman–Crippen MR) is 91.4 cm³/mol. The normalized spacial score (nSPS) is 14.9. The molecule has 0 saturated carbocycles. The first-order valence-corrected chi connectivity index (χ1v) is 9.14. The molecule has 2 amide bonds. The summed E-state index contributed by atoms with van der Waals surface area (Å²) < 4.78 is 26.7. The number of amides is 2. The largest absolute Gasteiger partial charge is 0.351 e. The van der Waals surface area contributed by atoms with Crippen molar-refractivity contribution >= 4 is 60.6 Å². The summed E-state index contributed by atoms with van der Waals surface area (Å²) in [6.45, 7) is 0. The van der Waals surface area contributed by atoms with Crippen LogP contribution < -0.4 is 15.4 Å². The van der Waals surface area contributed by atoms with Gasteiger partial charge in [-0.3, -0.25) is 9.62 Å². The van der Waals surface area contributed by atoms with E-state index in [0.29, 0.717) is 15.7 Å². The third kappa shape index (κ3) is 2.87. The number of nitrogens with zero attached hydrogens (tertiary/aromatic N) is 2. The second kappa shape index (κ2) is 5.66. The highest BCUT2D eigenvalue weighted by Crippen LogP contribution is 2.42. The minimum atomic E-state index is -3.57. The lowest BCUT2D eigenvalue weighted by Crippen LogP contribution is -2.32. The van der Waals surface area contributed by atoms with Crippen LogP contribution in [0, 0.1) is 0 Å². The molecule has 0 radical (unpaired) electrons. The number of pyridine rings is 1. The van der Waals surface area contributed by atoms with E-state index in [1.165, 1.54) is 11.1 Å². The molecule has 1 aromatic heterocycles. The summed E-state index contributed by atoms with van der Waals surface area (Å²) in [6, 6.07) is 6.12. The first-order chi connectivity index (χ1) is 10.8. The van der Waals surface area contributed by atoms with Crippen molar-refractivity contribution in [2.75, 3.05) is 9.62 Å². The molecule has 0 aliphatic carbocycles. The van der Waals surface area contributed by atoms with Crippen molar-refractivity contribution in [3.63, 3.8) is 0 Å². The molecule has 23 heavy (non-hydrogen) atoms. The SMILES string of the molecule is NC(=O)N(c1ccccc1Br)c1cnc(Cl)c2c1NS(=O)(=O)C2. The Morgan fingerprint density at radius 2 is 2.04 bits per heavy atom. The summed E-state index contributed by atoms with van der Waals surface area (Å²) in [5.41, 5.74) is 6.68. The van der Waals surface area contributed by atoms with Gasteiger partial charge in [0.25, 0.3) is 0 Å². The Labute approximate surface area is 145 Å². The highest BCUT2D eigenvalue weighted by atomic mass is 79.9. The molecule has 1 aliphatic rings. The second-order valence-corrected chi connectivity index (χ2v) is 7.71. The maximum Gasteiger partial charge on any atom is 0.324 e. The van der Waals surface area contributed by atoms with Crippen LogP contribution in [0.5, 0.6) is 0 Å². The number of carbonyl (C=O) groups is 1. The minimum absolute atomic E-state index is 0.0638. The molecule has 0 unspecified atom stereocenters. The van der Waals surface area contributed by atoms with Gasteiger partial charge in [-0.1, -0.05) is 23.7 Å². The van der Waals surface area contributed by atoms with E-state index in [9.17, 15) is 13.2 Å². The van der Waals surface area contributed by atoms with Gasteiger partial charge in [0.2, 0.25) is 10.0 Å². The average molecular weight is 418 g/mol. The fourth-order valence-electron chi connectivity index (χ4n) is 2.32. The fourth-order valence-corrected chi connectivity index (χ4v) is 4.34. The number of nitrogens with two attached hydrogens (primary N) is 1. The minimum Gasteiger partial charge on any atom is -0.351 e. The molecular weight excluding hydrogens is 408 g/mol. The Bertz CT molecular complexity index is 919. The van der Waals surface area contributed by atoms with Gasteiger partial charge in [0, 0.05) is 10.0 Å². The molecular formula is C13H10BrClN4O3S. The zero-order chi connectivity index (χ0) is 16.8. The van der Waals surface area contributed by atoms with Crippen LogP contribution in [0.1, 0.15) is 5.56 Å². The Kier molecular flexibility index (Phi) is 3.95. The molecule has 0 bridgehead atoms. The van der Waals surface area contributed by atoms with Crippen molar-refractivity contribution in [3.8, 4) is 0 Å². The van der Waals surface area contributed by atoms with E-state index >= 15 is 0 Å². The summed E-state index contributed by atoms with van der Waals surface area (Å²) in [5.74, 6) is -0.301. The summed E-state index contributed by atoms with van der Waals surface area (Å²) in [5, 5.41) is 0.0638.